The van der Waals surface area contributed by atoms with E-state index in [1.165, 1.54) is 13.3 Å². The average Bonchev–Trinajstić information content (AvgIpc) is 2.79. The lowest BCUT2D eigenvalue weighted by Crippen LogP contribution is -2.59. The summed E-state index contributed by atoms with van der Waals surface area (Å²) in [6, 6.07) is 3.54. The second-order valence-electron chi connectivity index (χ2n) is 8.82. The van der Waals surface area contributed by atoms with Gasteiger partial charge in [0.2, 0.25) is 5.88 Å². The minimum Gasteiger partial charge on any atom is -0.478 e. The molecule has 5 rings (SSSR count). The number of nitrogens with two attached hydrogens (primary N) is 1. The van der Waals surface area contributed by atoms with Crippen molar-refractivity contribution < 1.29 is 23.4 Å². The molecule has 2 bridgehead atoms. The Morgan fingerprint density at radius 2 is 2.06 bits per heavy atom. The second kappa shape index (κ2) is 9.04. The minimum absolute atomic E-state index is 0.180. The standard InChI is InChI=1S/C23H30FN3O4/c1-29-20(28)4-2-3-13-30-19-6-5-18-21(27-19)16(17(24)14-26-18)7-8-23-11-9-22(25,10-12-23)15-31-23/h5-6,14H,2-4,7-13,15,25H2,1H3. The summed E-state index contributed by atoms with van der Waals surface area (Å²) in [7, 11) is 1.38. The number of rotatable bonds is 9. The van der Waals surface area contributed by atoms with Gasteiger partial charge in [0.05, 0.1) is 43.2 Å². The monoisotopic (exact) mass is 431 g/mol. The number of aromatic nitrogens is 2. The van der Waals surface area contributed by atoms with Crippen LogP contribution in [0.1, 0.15) is 56.9 Å². The van der Waals surface area contributed by atoms with E-state index in [-0.39, 0.29) is 22.9 Å². The van der Waals surface area contributed by atoms with E-state index in [2.05, 4.69) is 14.7 Å². The van der Waals surface area contributed by atoms with Crippen molar-refractivity contribution in [1.82, 2.24) is 9.97 Å². The van der Waals surface area contributed by atoms with Crippen LogP contribution in [0.2, 0.25) is 0 Å². The van der Waals surface area contributed by atoms with Gasteiger partial charge in [-0.2, -0.15) is 0 Å². The number of fused-ring (bicyclic) bond motifs is 4. The molecule has 2 N–H and O–H groups in total. The van der Waals surface area contributed by atoms with Crippen molar-refractivity contribution in [1.29, 1.82) is 0 Å². The van der Waals surface area contributed by atoms with Gasteiger partial charge < -0.3 is 19.9 Å². The van der Waals surface area contributed by atoms with Crippen LogP contribution >= 0.6 is 0 Å². The zero-order chi connectivity index (χ0) is 21.9. The first-order valence-electron chi connectivity index (χ1n) is 11.0. The van der Waals surface area contributed by atoms with Gasteiger partial charge in [-0.25, -0.2) is 9.37 Å². The summed E-state index contributed by atoms with van der Waals surface area (Å²) in [4.78, 5) is 19.9. The number of carbonyl (C=O) groups is 1. The van der Waals surface area contributed by atoms with Gasteiger partial charge in [-0.15, -0.1) is 0 Å². The molecule has 31 heavy (non-hydrogen) atoms. The van der Waals surface area contributed by atoms with E-state index in [0.29, 0.717) is 61.4 Å². The van der Waals surface area contributed by atoms with Crippen molar-refractivity contribution in [3.05, 3.63) is 29.7 Å². The fourth-order valence-electron chi connectivity index (χ4n) is 4.51. The molecule has 2 aliphatic heterocycles. The van der Waals surface area contributed by atoms with Crippen LogP contribution in [0.3, 0.4) is 0 Å². The van der Waals surface area contributed by atoms with Crippen molar-refractivity contribution in [2.75, 3.05) is 20.3 Å². The summed E-state index contributed by atoms with van der Waals surface area (Å²) in [5.74, 6) is -0.158. The molecular formula is C23H30FN3O4. The van der Waals surface area contributed by atoms with Crippen molar-refractivity contribution in [3.63, 3.8) is 0 Å². The summed E-state index contributed by atoms with van der Waals surface area (Å²) in [5, 5.41) is 0. The van der Waals surface area contributed by atoms with E-state index in [4.69, 9.17) is 15.2 Å². The number of methoxy groups -OCH3 is 1. The Morgan fingerprint density at radius 3 is 2.77 bits per heavy atom. The van der Waals surface area contributed by atoms with Crippen molar-refractivity contribution in [2.24, 2.45) is 5.73 Å². The number of esters is 1. The number of halogens is 1. The van der Waals surface area contributed by atoms with Crippen molar-refractivity contribution in [3.8, 4) is 5.88 Å². The fourth-order valence-corrected chi connectivity index (χ4v) is 4.51. The molecule has 2 aromatic rings. The lowest BCUT2D eigenvalue weighted by atomic mass is 9.70. The molecule has 3 aliphatic rings. The van der Waals surface area contributed by atoms with Crippen molar-refractivity contribution >= 4 is 17.0 Å². The molecule has 1 aliphatic carbocycles. The van der Waals surface area contributed by atoms with E-state index >= 15 is 0 Å². The van der Waals surface area contributed by atoms with E-state index in [1.807, 2.05) is 0 Å². The molecule has 0 aromatic carbocycles. The van der Waals surface area contributed by atoms with Gasteiger partial charge in [-0.1, -0.05) is 0 Å². The molecule has 7 nitrogen and oxygen atoms in total. The fraction of sp³-hybridized carbons (Fsp3) is 0.609. The van der Waals surface area contributed by atoms with Crippen LogP contribution in [-0.4, -0.2) is 47.4 Å². The Hall–Kier alpha value is -2.32. The summed E-state index contributed by atoms with van der Waals surface area (Å²) in [6.07, 6.45) is 8.01. The minimum atomic E-state index is -0.355. The summed E-state index contributed by atoms with van der Waals surface area (Å²) in [6.45, 7) is 1.00. The maximum absolute atomic E-state index is 14.7. The predicted octanol–water partition coefficient (Wildman–Crippen LogP) is 3.46. The number of nitrogens with zero attached hydrogens (tertiary/aromatic N) is 2. The first-order chi connectivity index (χ1) is 14.9. The van der Waals surface area contributed by atoms with Gasteiger partial charge in [-0.05, 0) is 57.4 Å². The maximum Gasteiger partial charge on any atom is 0.305 e. The number of carbonyl (C=O) groups excluding carboxylic acids is 1. The number of ether oxygens (including phenoxy) is 3. The Balaban J connectivity index is 1.42. The second-order valence-corrected chi connectivity index (χ2v) is 8.82. The van der Waals surface area contributed by atoms with Crippen LogP contribution in [0.4, 0.5) is 4.39 Å². The molecule has 4 heterocycles. The third-order valence-corrected chi connectivity index (χ3v) is 6.65. The first kappa shape index (κ1) is 21.9. The quantitative estimate of drug-likeness (QED) is 0.480. The number of hydrogen-bond donors (Lipinski definition) is 1. The van der Waals surface area contributed by atoms with Crippen LogP contribution in [-0.2, 0) is 20.7 Å². The molecule has 0 spiro atoms. The van der Waals surface area contributed by atoms with Gasteiger partial charge in [0.15, 0.2) is 0 Å². The van der Waals surface area contributed by atoms with E-state index in [0.717, 1.165) is 32.1 Å². The Morgan fingerprint density at radius 1 is 1.26 bits per heavy atom. The highest BCUT2D eigenvalue weighted by atomic mass is 19.1. The smallest absolute Gasteiger partial charge is 0.305 e. The Labute approximate surface area is 181 Å². The summed E-state index contributed by atoms with van der Waals surface area (Å²) >= 11 is 0. The zero-order valence-electron chi connectivity index (χ0n) is 18.0. The Kier molecular flexibility index (Phi) is 6.39. The molecule has 8 heteroatoms. The zero-order valence-corrected chi connectivity index (χ0v) is 18.0. The highest BCUT2D eigenvalue weighted by Crippen LogP contribution is 2.45. The van der Waals surface area contributed by atoms with Gasteiger partial charge in [-0.3, -0.25) is 9.78 Å². The van der Waals surface area contributed by atoms with Gasteiger partial charge in [0, 0.05) is 23.6 Å². The highest BCUT2D eigenvalue weighted by molar-refractivity contribution is 5.78. The topological polar surface area (TPSA) is 96.6 Å². The van der Waals surface area contributed by atoms with Gasteiger partial charge >= 0.3 is 5.97 Å². The third kappa shape index (κ3) is 4.96. The van der Waals surface area contributed by atoms with Gasteiger partial charge in [0.25, 0.3) is 0 Å². The van der Waals surface area contributed by atoms with E-state index in [1.54, 1.807) is 12.1 Å². The van der Waals surface area contributed by atoms with Crippen molar-refractivity contribution in [2.45, 2.75) is 68.9 Å². The summed E-state index contributed by atoms with van der Waals surface area (Å²) in [5.41, 5.74) is 7.65. The average molecular weight is 432 g/mol. The number of unbranched alkanes of at least 4 members (excludes halogenated alkanes) is 1. The molecule has 0 radical (unpaired) electrons. The lowest BCUT2D eigenvalue weighted by Gasteiger charge is -2.51. The van der Waals surface area contributed by atoms with E-state index < -0.39 is 0 Å². The lowest BCUT2D eigenvalue weighted by molar-refractivity contribution is -0.156. The molecule has 0 amide bonds. The Bertz CT molecular complexity index is 927. The third-order valence-electron chi connectivity index (χ3n) is 6.65. The molecule has 168 valence electrons. The number of aryl methyl sites for hydroxylation is 1. The first-order valence-corrected chi connectivity index (χ1v) is 11.0. The molecule has 2 saturated heterocycles. The molecular weight excluding hydrogens is 401 g/mol. The molecule has 2 aromatic heterocycles. The van der Waals surface area contributed by atoms with Crippen LogP contribution in [0, 0.1) is 5.82 Å². The molecule has 0 atom stereocenters. The van der Waals surface area contributed by atoms with Crippen LogP contribution < -0.4 is 10.5 Å². The van der Waals surface area contributed by atoms with Gasteiger partial charge in [0.1, 0.15) is 5.82 Å². The summed E-state index contributed by atoms with van der Waals surface area (Å²) < 4.78 is 31.2. The maximum atomic E-state index is 14.7. The molecule has 1 saturated carbocycles. The number of pyridine rings is 2. The normalized spacial score (nSPS) is 25.0. The van der Waals surface area contributed by atoms with Crippen LogP contribution in [0.5, 0.6) is 5.88 Å². The highest BCUT2D eigenvalue weighted by Gasteiger charge is 2.47. The van der Waals surface area contributed by atoms with E-state index in [9.17, 15) is 9.18 Å². The largest absolute Gasteiger partial charge is 0.478 e. The predicted molar refractivity (Wildman–Crippen MR) is 113 cm³/mol. The van der Waals surface area contributed by atoms with Crippen LogP contribution in [0.25, 0.3) is 11.0 Å². The SMILES string of the molecule is COC(=O)CCCCOc1ccc2ncc(F)c(CCC34CCC(N)(CC3)CO4)c2n1. The molecule has 3 fully saturated rings. The van der Waals surface area contributed by atoms with Crippen LogP contribution in [0.15, 0.2) is 18.3 Å². The molecule has 0 unspecified atom stereocenters. The number of hydrogen-bond acceptors (Lipinski definition) is 7.